The first-order valence-corrected chi connectivity index (χ1v) is 44.3. The zero-order valence-corrected chi connectivity index (χ0v) is 63.7. The van der Waals surface area contributed by atoms with Gasteiger partial charge in [-0.25, -0.2) is 0 Å². The lowest BCUT2D eigenvalue weighted by molar-refractivity contribution is 0.304. The molecule has 0 aliphatic heterocycles. The van der Waals surface area contributed by atoms with Crippen molar-refractivity contribution in [1.29, 1.82) is 0 Å². The number of fused-ring (bicyclic) bond motifs is 8. The first-order valence-electron chi connectivity index (χ1n) is 36.7. The van der Waals surface area contributed by atoms with E-state index in [-0.39, 0.29) is 24.6 Å². The van der Waals surface area contributed by atoms with Crippen LogP contribution in [0.1, 0.15) is 120 Å². The highest BCUT2D eigenvalue weighted by Crippen LogP contribution is 2.54. The summed E-state index contributed by atoms with van der Waals surface area (Å²) >= 11 is 0. The SMILES string of the molecule is CCCOc1c2cc(CP(=O)(c3ccccc3)c3ccccc3)cc1Cc1cc(CP(=O)(c3ccccc3)c3ccccc3)cc(c1OCCC)Cc1cc(CP(=O)(c3ccccc3)c3ccccc3)cc(c1OCCC)Cc1cc(CP(=O)(c3ccccc3)c3ccccc3)cc(c1OCCC)C2. The molecule has 0 saturated heterocycles. The fourth-order valence-electron chi connectivity index (χ4n) is 14.8. The van der Waals surface area contributed by atoms with Crippen LogP contribution in [-0.2, 0) is 68.6 Å². The molecule has 0 unspecified atom stereocenters. The molecule has 0 spiro atoms. The maximum atomic E-state index is 16.6. The molecule has 13 rings (SSSR count). The van der Waals surface area contributed by atoms with Crippen LogP contribution in [0.4, 0.5) is 0 Å². The van der Waals surface area contributed by atoms with Gasteiger partial charge in [-0.05, 0) is 92.4 Å². The van der Waals surface area contributed by atoms with Crippen LogP contribution < -0.4 is 61.4 Å². The first kappa shape index (κ1) is 73.1. The van der Waals surface area contributed by atoms with E-state index in [1.54, 1.807) is 0 Å². The number of ether oxygens (including phenoxy) is 4. The minimum absolute atomic E-state index is 0.206. The molecule has 8 nitrogen and oxygen atoms in total. The van der Waals surface area contributed by atoms with Crippen LogP contribution in [0, 0.1) is 0 Å². The van der Waals surface area contributed by atoms with Gasteiger partial charge in [0.05, 0.1) is 26.4 Å². The lowest BCUT2D eigenvalue weighted by Crippen LogP contribution is -2.18. The average molecular weight is 1450 g/mol. The molecule has 0 atom stereocenters. The van der Waals surface area contributed by atoms with Gasteiger partial charge in [-0.2, -0.15) is 0 Å². The predicted octanol–water partition coefficient (Wildman–Crippen LogP) is 19.6. The summed E-state index contributed by atoms with van der Waals surface area (Å²) in [4.78, 5) is 0. The zero-order valence-electron chi connectivity index (χ0n) is 60.1. The van der Waals surface area contributed by atoms with Gasteiger partial charge in [0.2, 0.25) is 0 Å². The second-order valence-electron chi connectivity index (χ2n) is 27.3. The Bertz CT molecular complexity index is 4170. The molecule has 12 aromatic carbocycles. The normalized spacial score (nSPS) is 12.5. The van der Waals surface area contributed by atoms with Crippen molar-refractivity contribution in [3.8, 4) is 23.0 Å². The van der Waals surface area contributed by atoms with Crippen molar-refractivity contribution in [2.75, 3.05) is 26.4 Å². The van der Waals surface area contributed by atoms with Crippen LogP contribution in [0.3, 0.4) is 0 Å². The molecule has 0 aromatic heterocycles. The Labute approximate surface area is 615 Å². The van der Waals surface area contributed by atoms with Crippen molar-refractivity contribution < 1.29 is 37.2 Å². The second kappa shape index (κ2) is 33.7. The highest BCUT2D eigenvalue weighted by Gasteiger charge is 2.35. The smallest absolute Gasteiger partial charge is 0.147 e. The zero-order chi connectivity index (χ0) is 71.9. The van der Waals surface area contributed by atoms with Crippen LogP contribution in [0.15, 0.2) is 291 Å². The summed E-state index contributed by atoms with van der Waals surface area (Å²) in [6, 6.07) is 96.7. The summed E-state index contributed by atoms with van der Waals surface area (Å²) in [6.07, 6.45) is 4.97. The van der Waals surface area contributed by atoms with E-state index in [2.05, 4.69) is 76.2 Å². The standard InChI is InChI=1S/C92H92O8P4/c1-5-49-97-89-73-53-69(65-101(93,81-33-17-9-18-34-81)82-35-19-10-20-36-82)54-74(89)62-76-56-71(67-103(95,85-41-25-13-26-42-85)86-43-27-14-28-44-86)58-78(91(76)99-51-7-3)64-80-60-72(68-104(96,87-45-29-15-30-46-87)88-47-31-16-32-48-88)59-79(92(80)100-52-8-4)63-77-57-70(55-75(61-73)90(77)98-50-6-2)66-102(94,83-37-21-11-22-38-83)84-39-23-12-24-40-84/h9-48,53-60H,5-8,49-52,61-68H2,1-4H3. The predicted molar refractivity (Wildman–Crippen MR) is 434 cm³/mol. The number of hydrogen-bond donors (Lipinski definition) is 0. The molecular weight excluding hydrogens is 1360 g/mol. The Morgan fingerprint density at radius 2 is 0.356 bits per heavy atom. The summed E-state index contributed by atoms with van der Waals surface area (Å²) in [5.74, 6) is 2.85. The molecule has 12 aromatic rings. The van der Waals surface area contributed by atoms with E-state index in [0.717, 1.165) is 135 Å². The molecule has 104 heavy (non-hydrogen) atoms. The van der Waals surface area contributed by atoms with E-state index in [0.29, 0.717) is 75.1 Å². The van der Waals surface area contributed by atoms with Crippen molar-refractivity contribution in [3.63, 3.8) is 0 Å². The summed E-state index contributed by atoms with van der Waals surface area (Å²) in [7, 11) is -13.7. The molecule has 0 amide bonds. The Hall–Kier alpha value is -9.24. The lowest BCUT2D eigenvalue weighted by Gasteiger charge is -2.27. The van der Waals surface area contributed by atoms with Gasteiger partial charge in [0.15, 0.2) is 0 Å². The van der Waals surface area contributed by atoms with E-state index < -0.39 is 28.6 Å². The van der Waals surface area contributed by atoms with E-state index in [1.807, 2.05) is 243 Å². The number of hydrogen-bond acceptors (Lipinski definition) is 8. The molecule has 1 aliphatic rings. The van der Waals surface area contributed by atoms with E-state index >= 15 is 18.3 Å². The Morgan fingerprint density at radius 3 is 0.481 bits per heavy atom. The van der Waals surface area contributed by atoms with Gasteiger partial charge in [-0.1, -0.05) is 319 Å². The topological polar surface area (TPSA) is 105 Å². The molecule has 0 radical (unpaired) electrons. The molecule has 0 saturated carbocycles. The van der Waals surface area contributed by atoms with Crippen LogP contribution in [0.2, 0.25) is 0 Å². The summed E-state index contributed by atoms with van der Waals surface area (Å²) < 4.78 is 95.6. The van der Waals surface area contributed by atoms with Gasteiger partial charge >= 0.3 is 0 Å². The number of benzene rings is 12. The van der Waals surface area contributed by atoms with E-state index in [9.17, 15) is 0 Å². The highest BCUT2D eigenvalue weighted by atomic mass is 31.2. The van der Waals surface area contributed by atoms with Crippen molar-refractivity contribution in [2.24, 2.45) is 0 Å². The highest BCUT2D eigenvalue weighted by molar-refractivity contribution is 7.79. The van der Waals surface area contributed by atoms with E-state index in [4.69, 9.17) is 18.9 Å². The summed E-state index contributed by atoms with van der Waals surface area (Å²) in [5.41, 5.74) is 10.5. The van der Waals surface area contributed by atoms with Gasteiger partial charge < -0.3 is 37.2 Å². The van der Waals surface area contributed by atoms with Crippen molar-refractivity contribution in [2.45, 2.75) is 104 Å². The maximum absolute atomic E-state index is 16.6. The Kier molecular flexibility index (Phi) is 23.7. The molecule has 0 N–H and O–H groups in total. The van der Waals surface area contributed by atoms with E-state index in [1.165, 1.54) is 0 Å². The van der Waals surface area contributed by atoms with Gasteiger partial charge in [-0.15, -0.1) is 0 Å². The van der Waals surface area contributed by atoms with Crippen LogP contribution in [-0.4, -0.2) is 26.4 Å². The molecule has 528 valence electrons. The average Bonchev–Trinajstić information content (AvgIpc) is 0.764. The minimum Gasteiger partial charge on any atom is -0.493 e. The summed E-state index contributed by atoms with van der Waals surface area (Å²) in [5, 5.41) is 6.07. The van der Waals surface area contributed by atoms with Crippen LogP contribution in [0.5, 0.6) is 23.0 Å². The molecule has 0 heterocycles. The van der Waals surface area contributed by atoms with Gasteiger partial charge in [0.1, 0.15) is 51.6 Å². The van der Waals surface area contributed by atoms with Crippen molar-refractivity contribution >= 4 is 71.0 Å². The fourth-order valence-corrected chi connectivity index (χ4v) is 25.5. The van der Waals surface area contributed by atoms with Gasteiger partial charge in [-0.3, -0.25) is 0 Å². The third-order valence-corrected chi connectivity index (χ3v) is 31.8. The molecular formula is C92H92O8P4. The third kappa shape index (κ3) is 16.3. The minimum atomic E-state index is -3.42. The Morgan fingerprint density at radius 1 is 0.221 bits per heavy atom. The Balaban J connectivity index is 1.13. The van der Waals surface area contributed by atoms with Gasteiger partial charge in [0.25, 0.3) is 0 Å². The lowest BCUT2D eigenvalue weighted by atomic mass is 9.88. The second-order valence-corrected chi connectivity index (χ2v) is 38.7. The van der Waals surface area contributed by atoms with Gasteiger partial charge in [0, 0.05) is 92.8 Å². The monoisotopic (exact) mass is 1450 g/mol. The largest absolute Gasteiger partial charge is 0.493 e. The number of rotatable bonds is 28. The molecule has 1 aliphatic carbocycles. The molecule has 8 bridgehead atoms. The molecule has 0 fully saturated rings. The molecule has 12 heteroatoms. The summed E-state index contributed by atoms with van der Waals surface area (Å²) in [6.45, 7) is 10.1. The maximum Gasteiger partial charge on any atom is 0.147 e. The van der Waals surface area contributed by atoms with Crippen LogP contribution >= 0.6 is 28.6 Å². The van der Waals surface area contributed by atoms with Crippen LogP contribution in [0.25, 0.3) is 0 Å². The first-order chi connectivity index (χ1) is 50.8. The third-order valence-electron chi connectivity index (χ3n) is 19.5. The fraction of sp³-hybridized carbons (Fsp3) is 0.217. The van der Waals surface area contributed by atoms with Crippen molar-refractivity contribution in [1.82, 2.24) is 0 Å². The quantitative estimate of drug-likeness (QED) is 0.0447. The van der Waals surface area contributed by atoms with Crippen molar-refractivity contribution in [3.05, 3.63) is 358 Å².